The summed E-state index contributed by atoms with van der Waals surface area (Å²) < 4.78 is 26.6. The van der Waals surface area contributed by atoms with Crippen LogP contribution >= 0.6 is 0 Å². The van der Waals surface area contributed by atoms with Gasteiger partial charge in [0.15, 0.2) is 0 Å². The molecule has 0 aliphatic heterocycles. The number of nitrogens with zero attached hydrogens (tertiary/aromatic N) is 1. The fourth-order valence-electron chi connectivity index (χ4n) is 1.97. The maximum absolute atomic E-state index is 12.7. The number of hydrogen-bond acceptors (Lipinski definition) is 3. The fourth-order valence-corrected chi connectivity index (χ4v) is 3.69. The van der Waals surface area contributed by atoms with Crippen LogP contribution in [0.3, 0.4) is 0 Å². The first-order valence-electron chi connectivity index (χ1n) is 7.17. The van der Waals surface area contributed by atoms with Crippen molar-refractivity contribution in [3.05, 3.63) is 29.3 Å². The third kappa shape index (κ3) is 4.54. The molecule has 0 heterocycles. The summed E-state index contributed by atoms with van der Waals surface area (Å²) >= 11 is 0. The molecular formula is C15H24N2O3S. The third-order valence-corrected chi connectivity index (χ3v) is 5.27. The van der Waals surface area contributed by atoms with Crippen LogP contribution in [0.5, 0.6) is 0 Å². The number of hydrogen-bond donors (Lipinski definition) is 1. The van der Waals surface area contributed by atoms with E-state index in [9.17, 15) is 13.2 Å². The average Bonchev–Trinajstić information content (AvgIpc) is 2.44. The van der Waals surface area contributed by atoms with Crippen molar-refractivity contribution < 1.29 is 13.2 Å². The van der Waals surface area contributed by atoms with E-state index in [1.54, 1.807) is 26.0 Å². The van der Waals surface area contributed by atoms with E-state index in [0.29, 0.717) is 12.1 Å². The predicted molar refractivity (Wildman–Crippen MR) is 83.6 cm³/mol. The average molecular weight is 312 g/mol. The minimum absolute atomic E-state index is 0.147. The SMILES string of the molecule is CCCNC(=O)CN(CC)S(=O)(=O)c1cc(C)ccc1C. The Morgan fingerprint density at radius 1 is 1.24 bits per heavy atom. The molecule has 1 aromatic carbocycles. The lowest BCUT2D eigenvalue weighted by atomic mass is 10.2. The van der Waals surface area contributed by atoms with E-state index in [0.717, 1.165) is 12.0 Å². The number of likely N-dealkylation sites (N-methyl/N-ethyl adjacent to an activating group) is 1. The van der Waals surface area contributed by atoms with Crippen LogP contribution in [0.25, 0.3) is 0 Å². The first-order valence-corrected chi connectivity index (χ1v) is 8.61. The highest BCUT2D eigenvalue weighted by molar-refractivity contribution is 7.89. The van der Waals surface area contributed by atoms with Gasteiger partial charge >= 0.3 is 0 Å². The lowest BCUT2D eigenvalue weighted by molar-refractivity contribution is -0.121. The molecule has 0 atom stereocenters. The molecule has 0 aliphatic carbocycles. The molecule has 0 fully saturated rings. The van der Waals surface area contributed by atoms with Gasteiger partial charge < -0.3 is 5.32 Å². The summed E-state index contributed by atoms with van der Waals surface area (Å²) in [6.45, 7) is 7.96. The van der Waals surface area contributed by atoms with E-state index in [4.69, 9.17) is 0 Å². The van der Waals surface area contributed by atoms with Crippen LogP contribution in [0.2, 0.25) is 0 Å². The Balaban J connectivity index is 3.02. The van der Waals surface area contributed by atoms with Crippen molar-refractivity contribution in [3.8, 4) is 0 Å². The first-order chi connectivity index (χ1) is 9.82. The molecule has 1 amide bonds. The van der Waals surface area contributed by atoms with Crippen LogP contribution in [-0.2, 0) is 14.8 Å². The summed E-state index contributed by atoms with van der Waals surface area (Å²) in [5.74, 6) is -0.271. The summed E-state index contributed by atoms with van der Waals surface area (Å²) in [7, 11) is -3.65. The largest absolute Gasteiger partial charge is 0.355 e. The number of amides is 1. The van der Waals surface area contributed by atoms with Crippen LogP contribution in [0.4, 0.5) is 0 Å². The van der Waals surface area contributed by atoms with Gasteiger partial charge in [0.2, 0.25) is 15.9 Å². The highest BCUT2D eigenvalue weighted by Crippen LogP contribution is 2.20. The summed E-state index contributed by atoms with van der Waals surface area (Å²) in [6.07, 6.45) is 0.821. The number of aryl methyl sites for hydroxylation is 2. The van der Waals surface area contributed by atoms with Gasteiger partial charge in [-0.25, -0.2) is 8.42 Å². The van der Waals surface area contributed by atoms with Gasteiger partial charge in [0.1, 0.15) is 0 Å². The molecule has 0 radical (unpaired) electrons. The number of sulfonamides is 1. The highest BCUT2D eigenvalue weighted by Gasteiger charge is 2.26. The smallest absolute Gasteiger partial charge is 0.243 e. The molecule has 1 aromatic rings. The zero-order chi connectivity index (χ0) is 16.0. The molecule has 1 N–H and O–H groups in total. The maximum atomic E-state index is 12.7. The molecule has 5 nitrogen and oxygen atoms in total. The number of carbonyl (C=O) groups is 1. The minimum atomic E-state index is -3.65. The van der Waals surface area contributed by atoms with E-state index >= 15 is 0 Å². The van der Waals surface area contributed by atoms with Crippen LogP contribution in [-0.4, -0.2) is 38.3 Å². The molecule has 21 heavy (non-hydrogen) atoms. The van der Waals surface area contributed by atoms with Crippen LogP contribution < -0.4 is 5.32 Å². The van der Waals surface area contributed by atoms with Gasteiger partial charge in [0.25, 0.3) is 0 Å². The normalized spacial score (nSPS) is 11.7. The van der Waals surface area contributed by atoms with Crippen molar-refractivity contribution in [2.45, 2.75) is 39.0 Å². The van der Waals surface area contributed by atoms with Gasteiger partial charge in [-0.15, -0.1) is 0 Å². The third-order valence-electron chi connectivity index (χ3n) is 3.21. The minimum Gasteiger partial charge on any atom is -0.355 e. The van der Waals surface area contributed by atoms with Gasteiger partial charge in [-0.1, -0.05) is 26.0 Å². The van der Waals surface area contributed by atoms with Crippen LogP contribution in [0.1, 0.15) is 31.4 Å². The molecule has 0 aromatic heterocycles. The maximum Gasteiger partial charge on any atom is 0.243 e. The van der Waals surface area contributed by atoms with E-state index in [2.05, 4.69) is 5.32 Å². The van der Waals surface area contributed by atoms with Crippen molar-refractivity contribution >= 4 is 15.9 Å². The van der Waals surface area contributed by atoms with Crippen molar-refractivity contribution in [3.63, 3.8) is 0 Å². The van der Waals surface area contributed by atoms with E-state index in [1.807, 2.05) is 19.9 Å². The van der Waals surface area contributed by atoms with Crippen molar-refractivity contribution in [2.75, 3.05) is 19.6 Å². The van der Waals surface area contributed by atoms with E-state index in [1.165, 1.54) is 4.31 Å². The quantitative estimate of drug-likeness (QED) is 0.835. The summed E-state index contributed by atoms with van der Waals surface area (Å²) in [4.78, 5) is 12.1. The van der Waals surface area contributed by atoms with Gasteiger partial charge in [-0.05, 0) is 37.5 Å². The predicted octanol–water partition coefficient (Wildman–Crippen LogP) is 1.84. The second-order valence-electron chi connectivity index (χ2n) is 5.05. The molecule has 0 aliphatic rings. The zero-order valence-corrected chi connectivity index (χ0v) is 14.0. The topological polar surface area (TPSA) is 66.5 Å². The Hall–Kier alpha value is -1.40. The van der Waals surface area contributed by atoms with Gasteiger partial charge in [-0.2, -0.15) is 4.31 Å². The van der Waals surface area contributed by atoms with Gasteiger partial charge in [-0.3, -0.25) is 4.79 Å². The van der Waals surface area contributed by atoms with Crippen molar-refractivity contribution in [2.24, 2.45) is 0 Å². The Kier molecular flexibility index (Phi) is 6.36. The Labute approximate surface area is 127 Å². The Bertz CT molecular complexity index is 597. The summed E-state index contributed by atoms with van der Waals surface area (Å²) in [5.41, 5.74) is 1.57. The number of nitrogens with one attached hydrogen (secondary N) is 1. The Morgan fingerprint density at radius 3 is 2.48 bits per heavy atom. The summed E-state index contributed by atoms with van der Waals surface area (Å²) in [5, 5.41) is 2.70. The number of benzene rings is 1. The number of rotatable bonds is 7. The van der Waals surface area contributed by atoms with Crippen LogP contribution in [0, 0.1) is 13.8 Å². The lowest BCUT2D eigenvalue weighted by Crippen LogP contribution is -2.41. The zero-order valence-electron chi connectivity index (χ0n) is 13.1. The first kappa shape index (κ1) is 17.7. The molecule has 0 spiro atoms. The Morgan fingerprint density at radius 2 is 1.90 bits per heavy atom. The fraction of sp³-hybridized carbons (Fsp3) is 0.533. The van der Waals surface area contributed by atoms with Crippen LogP contribution in [0.15, 0.2) is 23.1 Å². The second-order valence-corrected chi connectivity index (χ2v) is 6.96. The van der Waals surface area contributed by atoms with E-state index < -0.39 is 10.0 Å². The second kappa shape index (κ2) is 7.56. The molecule has 118 valence electrons. The number of carbonyl (C=O) groups excluding carboxylic acids is 1. The summed E-state index contributed by atoms with van der Waals surface area (Å²) in [6, 6.07) is 5.31. The molecular weight excluding hydrogens is 288 g/mol. The van der Waals surface area contributed by atoms with Crippen molar-refractivity contribution in [1.82, 2.24) is 9.62 Å². The van der Waals surface area contributed by atoms with Crippen molar-refractivity contribution in [1.29, 1.82) is 0 Å². The van der Waals surface area contributed by atoms with Gasteiger partial charge in [0, 0.05) is 13.1 Å². The standard InChI is InChI=1S/C15H24N2O3S/c1-5-9-16-15(18)11-17(6-2)21(19,20)14-10-12(3)7-8-13(14)4/h7-8,10H,5-6,9,11H2,1-4H3,(H,16,18). The molecule has 0 saturated heterocycles. The van der Waals surface area contributed by atoms with Gasteiger partial charge in [0.05, 0.1) is 11.4 Å². The monoisotopic (exact) mass is 312 g/mol. The molecule has 1 rings (SSSR count). The van der Waals surface area contributed by atoms with E-state index in [-0.39, 0.29) is 23.9 Å². The molecule has 0 saturated carbocycles. The highest BCUT2D eigenvalue weighted by atomic mass is 32.2. The lowest BCUT2D eigenvalue weighted by Gasteiger charge is -2.21. The molecule has 0 bridgehead atoms. The molecule has 6 heteroatoms. The molecule has 0 unspecified atom stereocenters.